The minimum Gasteiger partial charge on any atom is -0.273 e. The number of hydrogen-bond acceptors (Lipinski definition) is 4. The zero-order valence-electron chi connectivity index (χ0n) is 5.62. The number of carbonyl (C=O) groups excluding carboxylic acids is 1. The van der Waals surface area contributed by atoms with E-state index < -0.39 is 0 Å². The minimum atomic E-state index is -0.130. The monoisotopic (exact) mass is 174 g/mol. The molecule has 5 heteroatoms. The summed E-state index contributed by atoms with van der Waals surface area (Å²) in [6.45, 7) is 3.26. The molecule has 0 N–H and O–H groups in total. The average molecular weight is 174 g/mol. The summed E-state index contributed by atoms with van der Waals surface area (Å²) in [6, 6.07) is 0. The van der Waals surface area contributed by atoms with E-state index in [1.165, 1.54) is 22.9 Å². The highest BCUT2D eigenvalue weighted by Crippen LogP contribution is 2.05. The van der Waals surface area contributed by atoms with Crippen LogP contribution in [-0.2, 0) is 0 Å². The molecule has 0 fully saturated rings. The van der Waals surface area contributed by atoms with Crippen LogP contribution in [0.1, 0.15) is 16.7 Å². The lowest BCUT2D eigenvalue weighted by Crippen LogP contribution is -2.06. The molecule has 0 amide bonds. The predicted octanol–water partition coefficient (Wildman–Crippen LogP) is 1.64. The fourth-order valence-electron chi connectivity index (χ4n) is 0.571. The first-order valence-electron chi connectivity index (χ1n) is 2.69. The first kappa shape index (κ1) is 7.56. The molecule has 0 saturated heterocycles. The maximum absolute atomic E-state index is 10.7. The molecule has 0 unspecified atom stereocenters. The van der Waals surface area contributed by atoms with Crippen molar-refractivity contribution in [3.8, 4) is 0 Å². The van der Waals surface area contributed by atoms with Gasteiger partial charge in [-0.1, -0.05) is 11.3 Å². The van der Waals surface area contributed by atoms with Gasteiger partial charge in [-0.3, -0.25) is 4.79 Å². The van der Waals surface area contributed by atoms with Gasteiger partial charge in [0, 0.05) is 6.92 Å². The van der Waals surface area contributed by atoms with Crippen LogP contribution in [0, 0.1) is 10.9 Å². The first-order chi connectivity index (χ1) is 4.61. The molecule has 1 aromatic rings. The van der Waals surface area contributed by atoms with Gasteiger partial charge in [-0.25, -0.2) is 0 Å². The van der Waals surface area contributed by atoms with Crippen LogP contribution in [0.5, 0.6) is 0 Å². The van der Waals surface area contributed by atoms with Crippen molar-refractivity contribution in [2.24, 2.45) is 0 Å². The summed E-state index contributed by atoms with van der Waals surface area (Å²) in [6.07, 6.45) is 0. The SMILES string of the molecule is CC(=O)n1nc(C)sc1=S. The van der Waals surface area contributed by atoms with E-state index >= 15 is 0 Å². The Morgan fingerprint density at radius 1 is 1.80 bits per heavy atom. The summed E-state index contributed by atoms with van der Waals surface area (Å²) in [5.41, 5.74) is 0. The third kappa shape index (κ3) is 1.30. The van der Waals surface area contributed by atoms with Crippen LogP contribution in [0.3, 0.4) is 0 Å². The summed E-state index contributed by atoms with van der Waals surface area (Å²) in [5.74, 6) is -0.130. The van der Waals surface area contributed by atoms with Crippen molar-refractivity contribution in [3.63, 3.8) is 0 Å². The Bertz CT molecular complexity index is 312. The molecule has 0 aliphatic carbocycles. The van der Waals surface area contributed by atoms with E-state index in [4.69, 9.17) is 12.2 Å². The van der Waals surface area contributed by atoms with Gasteiger partial charge >= 0.3 is 0 Å². The molecule has 0 bridgehead atoms. The molecule has 0 atom stereocenters. The molecule has 0 aliphatic rings. The normalized spacial score (nSPS) is 9.80. The van der Waals surface area contributed by atoms with Crippen molar-refractivity contribution in [3.05, 3.63) is 8.96 Å². The smallest absolute Gasteiger partial charge is 0.245 e. The van der Waals surface area contributed by atoms with Gasteiger partial charge in [-0.2, -0.15) is 9.78 Å². The topological polar surface area (TPSA) is 34.9 Å². The van der Waals surface area contributed by atoms with Gasteiger partial charge in [0.15, 0.2) is 3.95 Å². The summed E-state index contributed by atoms with van der Waals surface area (Å²) in [5, 5.41) is 4.71. The van der Waals surface area contributed by atoms with Crippen molar-refractivity contribution in [2.75, 3.05) is 0 Å². The number of rotatable bonds is 0. The molecule has 1 rings (SSSR count). The van der Waals surface area contributed by atoms with Crippen molar-refractivity contribution < 1.29 is 4.79 Å². The number of hydrogen-bond donors (Lipinski definition) is 0. The summed E-state index contributed by atoms with van der Waals surface area (Å²) >= 11 is 6.19. The van der Waals surface area contributed by atoms with Gasteiger partial charge in [-0.15, -0.1) is 0 Å². The molecule has 0 radical (unpaired) electrons. The standard InChI is InChI=1S/C5H6N2OS2/c1-3-6-7(4(2)8)5(9)10-3/h1-2H3. The van der Waals surface area contributed by atoms with Gasteiger partial charge in [0.05, 0.1) is 0 Å². The van der Waals surface area contributed by atoms with E-state index in [9.17, 15) is 4.79 Å². The summed E-state index contributed by atoms with van der Waals surface area (Å²) < 4.78 is 1.75. The quantitative estimate of drug-likeness (QED) is 0.561. The van der Waals surface area contributed by atoms with E-state index in [0.717, 1.165) is 5.01 Å². The Kier molecular flexibility index (Phi) is 1.96. The lowest BCUT2D eigenvalue weighted by Gasteiger charge is -1.87. The van der Waals surface area contributed by atoms with Crippen LogP contribution in [-0.4, -0.2) is 15.7 Å². The highest BCUT2D eigenvalue weighted by atomic mass is 32.1. The average Bonchev–Trinajstić information content (AvgIpc) is 2.10. The molecule has 1 heterocycles. The fraction of sp³-hybridized carbons (Fsp3) is 0.400. The van der Waals surface area contributed by atoms with Crippen molar-refractivity contribution in [2.45, 2.75) is 13.8 Å². The van der Waals surface area contributed by atoms with E-state index in [2.05, 4.69) is 5.10 Å². The molecule has 3 nitrogen and oxygen atoms in total. The van der Waals surface area contributed by atoms with E-state index in [1.54, 1.807) is 0 Å². The molecule has 10 heavy (non-hydrogen) atoms. The number of nitrogens with zero attached hydrogens (tertiary/aromatic N) is 2. The second kappa shape index (κ2) is 2.59. The maximum atomic E-state index is 10.7. The van der Waals surface area contributed by atoms with Crippen LogP contribution < -0.4 is 0 Å². The Balaban J connectivity index is 3.29. The largest absolute Gasteiger partial charge is 0.273 e. The highest BCUT2D eigenvalue weighted by Gasteiger charge is 2.01. The first-order valence-corrected chi connectivity index (χ1v) is 3.91. The zero-order chi connectivity index (χ0) is 7.72. The highest BCUT2D eigenvalue weighted by molar-refractivity contribution is 7.73. The minimum absolute atomic E-state index is 0.130. The van der Waals surface area contributed by atoms with Crippen LogP contribution in [0.2, 0.25) is 0 Å². The molecule has 0 aliphatic heterocycles. The molecule has 0 aromatic carbocycles. The third-order valence-corrected chi connectivity index (χ3v) is 2.09. The van der Waals surface area contributed by atoms with Crippen molar-refractivity contribution >= 4 is 29.5 Å². The second-order valence-corrected chi connectivity index (χ2v) is 3.64. The van der Waals surface area contributed by atoms with Gasteiger partial charge < -0.3 is 0 Å². The lowest BCUT2D eigenvalue weighted by molar-refractivity contribution is 0.0919. The summed E-state index contributed by atoms with van der Waals surface area (Å²) in [4.78, 5) is 10.7. The maximum Gasteiger partial charge on any atom is 0.245 e. The predicted molar refractivity (Wildman–Crippen MR) is 42.0 cm³/mol. The molecule has 54 valence electrons. The Morgan fingerprint density at radius 3 is 2.60 bits per heavy atom. The number of aryl methyl sites for hydroxylation is 1. The van der Waals surface area contributed by atoms with Crippen molar-refractivity contribution in [1.29, 1.82) is 0 Å². The molecule has 1 aromatic heterocycles. The fourth-order valence-corrected chi connectivity index (χ4v) is 1.73. The third-order valence-electron chi connectivity index (χ3n) is 0.947. The lowest BCUT2D eigenvalue weighted by atomic mass is 10.7. The van der Waals surface area contributed by atoms with Crippen LogP contribution >= 0.6 is 23.6 Å². The zero-order valence-corrected chi connectivity index (χ0v) is 7.25. The second-order valence-electron chi connectivity index (χ2n) is 1.82. The van der Waals surface area contributed by atoms with E-state index in [-0.39, 0.29) is 5.91 Å². The van der Waals surface area contributed by atoms with E-state index in [1.807, 2.05) is 6.92 Å². The molecular weight excluding hydrogens is 168 g/mol. The van der Waals surface area contributed by atoms with Gasteiger partial charge in [-0.05, 0) is 19.1 Å². The number of aromatic nitrogens is 2. The van der Waals surface area contributed by atoms with Gasteiger partial charge in [0.2, 0.25) is 5.91 Å². The molecule has 0 saturated carbocycles. The van der Waals surface area contributed by atoms with E-state index in [0.29, 0.717) is 3.95 Å². The Morgan fingerprint density at radius 2 is 2.40 bits per heavy atom. The van der Waals surface area contributed by atoms with Gasteiger partial charge in [0.1, 0.15) is 5.01 Å². The number of carbonyl (C=O) groups is 1. The Hall–Kier alpha value is -0.550. The van der Waals surface area contributed by atoms with Crippen molar-refractivity contribution in [1.82, 2.24) is 9.78 Å². The Labute approximate surface area is 67.3 Å². The molecular formula is C5H6N2OS2. The summed E-state index contributed by atoms with van der Waals surface area (Å²) in [7, 11) is 0. The van der Waals surface area contributed by atoms with Crippen LogP contribution in [0.25, 0.3) is 0 Å². The van der Waals surface area contributed by atoms with Crippen LogP contribution in [0.4, 0.5) is 0 Å². The van der Waals surface area contributed by atoms with Gasteiger partial charge in [0.25, 0.3) is 0 Å². The van der Waals surface area contributed by atoms with Crippen LogP contribution in [0.15, 0.2) is 0 Å². The molecule has 0 spiro atoms.